The van der Waals surface area contributed by atoms with E-state index in [0.717, 1.165) is 24.2 Å². The van der Waals surface area contributed by atoms with Gasteiger partial charge in [0, 0.05) is 11.6 Å². The van der Waals surface area contributed by atoms with E-state index < -0.39 is 0 Å². The quantitative estimate of drug-likeness (QED) is 0.644. The lowest BCUT2D eigenvalue weighted by Crippen LogP contribution is -2.18. The number of para-hydroxylation sites is 1. The molecule has 0 amide bonds. The summed E-state index contributed by atoms with van der Waals surface area (Å²) in [6, 6.07) is 19.1. The summed E-state index contributed by atoms with van der Waals surface area (Å²) in [5.74, 6) is 0. The molecule has 2 nitrogen and oxygen atoms in total. The summed E-state index contributed by atoms with van der Waals surface area (Å²) in [4.78, 5) is 4.61. The van der Waals surface area contributed by atoms with Gasteiger partial charge in [-0.1, -0.05) is 42.5 Å². The van der Waals surface area contributed by atoms with E-state index in [9.17, 15) is 0 Å². The smallest absolute Gasteiger partial charge is 0.0936 e. The Bertz CT molecular complexity index is 759. The Morgan fingerprint density at radius 3 is 2.75 bits per heavy atom. The third-order valence-corrected chi connectivity index (χ3v) is 3.99. The first-order valence-electron chi connectivity index (χ1n) is 7.04. The summed E-state index contributed by atoms with van der Waals surface area (Å²) in [7, 11) is 0. The van der Waals surface area contributed by atoms with Crippen molar-refractivity contribution < 1.29 is 0 Å². The summed E-state index contributed by atoms with van der Waals surface area (Å²) < 4.78 is 0. The first-order chi connectivity index (χ1) is 9.92. The van der Waals surface area contributed by atoms with E-state index in [4.69, 9.17) is 5.32 Å². The van der Waals surface area contributed by atoms with Crippen LogP contribution in [-0.2, 0) is 6.42 Å². The number of hydrogen-bond acceptors (Lipinski definition) is 1. The maximum atomic E-state index is 4.90. The molecule has 1 unspecified atom stereocenters. The van der Waals surface area contributed by atoms with Gasteiger partial charge in [0.05, 0.1) is 17.4 Å². The molecule has 0 aliphatic carbocycles. The lowest BCUT2D eigenvalue weighted by Gasteiger charge is -2.25. The number of benzene rings is 2. The Labute approximate surface area is 118 Å². The fourth-order valence-corrected chi connectivity index (χ4v) is 2.98. The van der Waals surface area contributed by atoms with Gasteiger partial charge in [-0.05, 0) is 35.9 Å². The molecule has 1 aliphatic rings. The Hall–Kier alpha value is -2.35. The average molecular weight is 259 g/mol. The minimum Gasteiger partial charge on any atom is -0.275 e. The second kappa shape index (κ2) is 4.64. The Morgan fingerprint density at radius 1 is 0.900 bits per heavy atom. The first-order valence-corrected chi connectivity index (χ1v) is 7.04. The van der Waals surface area contributed by atoms with E-state index in [1.807, 2.05) is 6.20 Å². The lowest BCUT2D eigenvalue weighted by atomic mass is 9.94. The van der Waals surface area contributed by atoms with Gasteiger partial charge in [0.25, 0.3) is 0 Å². The molecule has 2 heterocycles. The highest BCUT2D eigenvalue weighted by molar-refractivity contribution is 5.84. The molecule has 20 heavy (non-hydrogen) atoms. The van der Waals surface area contributed by atoms with Crippen molar-refractivity contribution in [2.75, 3.05) is 0 Å². The Morgan fingerprint density at radius 2 is 1.75 bits per heavy atom. The van der Waals surface area contributed by atoms with Crippen molar-refractivity contribution in [3.8, 4) is 0 Å². The molecule has 2 heteroatoms. The van der Waals surface area contributed by atoms with Crippen LogP contribution >= 0.6 is 0 Å². The van der Waals surface area contributed by atoms with Crippen molar-refractivity contribution >= 4 is 16.5 Å². The molecule has 1 aliphatic heterocycles. The van der Waals surface area contributed by atoms with E-state index in [0.29, 0.717) is 0 Å². The fraction of sp³-hybridized carbons (Fsp3) is 0.167. The van der Waals surface area contributed by atoms with Crippen LogP contribution in [0.5, 0.6) is 0 Å². The number of rotatable bonds is 1. The van der Waals surface area contributed by atoms with Gasteiger partial charge in [0.1, 0.15) is 0 Å². The molecular formula is C18H15N2. The van der Waals surface area contributed by atoms with Crippen molar-refractivity contribution in [1.82, 2.24) is 10.3 Å². The standard InChI is InChI=1S/C18H15N2/c1-3-7-15-13(5-1)11-12-19-18(15)17-10-9-14-6-2-4-8-16(14)20-17/h1-8,11-12,17H,9-10H2. The fourth-order valence-electron chi connectivity index (χ4n) is 2.98. The molecule has 1 atom stereocenters. The minimum atomic E-state index is 0.177. The van der Waals surface area contributed by atoms with Gasteiger partial charge < -0.3 is 0 Å². The van der Waals surface area contributed by atoms with Crippen LogP contribution in [0.2, 0.25) is 0 Å². The van der Waals surface area contributed by atoms with Crippen molar-refractivity contribution in [2.24, 2.45) is 0 Å². The van der Waals surface area contributed by atoms with E-state index >= 15 is 0 Å². The number of hydrogen-bond donors (Lipinski definition) is 0. The predicted molar refractivity (Wildman–Crippen MR) is 81.0 cm³/mol. The molecule has 0 N–H and O–H groups in total. The highest BCUT2D eigenvalue weighted by Crippen LogP contribution is 2.34. The van der Waals surface area contributed by atoms with Crippen LogP contribution in [0.25, 0.3) is 10.8 Å². The number of nitrogens with zero attached hydrogens (tertiary/aromatic N) is 2. The summed E-state index contributed by atoms with van der Waals surface area (Å²) >= 11 is 0. The third-order valence-electron chi connectivity index (χ3n) is 3.99. The highest BCUT2D eigenvalue weighted by atomic mass is 15.0. The normalized spacial score (nSPS) is 17.5. The van der Waals surface area contributed by atoms with E-state index in [-0.39, 0.29) is 6.04 Å². The molecule has 0 spiro atoms. The monoisotopic (exact) mass is 259 g/mol. The van der Waals surface area contributed by atoms with Gasteiger partial charge in [-0.25, -0.2) is 0 Å². The van der Waals surface area contributed by atoms with Gasteiger partial charge in [0.15, 0.2) is 0 Å². The van der Waals surface area contributed by atoms with Crippen LogP contribution in [0.15, 0.2) is 60.8 Å². The van der Waals surface area contributed by atoms with E-state index in [1.165, 1.54) is 16.3 Å². The summed E-state index contributed by atoms with van der Waals surface area (Å²) in [6.45, 7) is 0. The van der Waals surface area contributed by atoms with E-state index in [2.05, 4.69) is 59.6 Å². The lowest BCUT2D eigenvalue weighted by molar-refractivity contribution is 0.530. The summed E-state index contributed by atoms with van der Waals surface area (Å²) in [5, 5.41) is 7.37. The molecule has 0 saturated heterocycles. The van der Waals surface area contributed by atoms with Gasteiger partial charge in [-0.3, -0.25) is 10.3 Å². The molecule has 3 aromatic rings. The zero-order valence-corrected chi connectivity index (χ0v) is 11.2. The predicted octanol–water partition coefficient (Wildman–Crippen LogP) is 4.16. The zero-order valence-electron chi connectivity index (χ0n) is 11.2. The minimum absolute atomic E-state index is 0.177. The summed E-state index contributed by atoms with van der Waals surface area (Å²) in [5.41, 5.74) is 3.58. The number of pyridine rings is 1. The molecule has 4 rings (SSSR count). The molecule has 0 bridgehead atoms. The average Bonchev–Trinajstić information content (AvgIpc) is 2.54. The molecule has 1 radical (unpaired) electrons. The molecule has 2 aromatic carbocycles. The Balaban J connectivity index is 1.78. The number of aryl methyl sites for hydroxylation is 1. The molecule has 0 saturated carbocycles. The second-order valence-corrected chi connectivity index (χ2v) is 5.23. The largest absolute Gasteiger partial charge is 0.275 e. The first kappa shape index (κ1) is 11.5. The highest BCUT2D eigenvalue weighted by Gasteiger charge is 2.23. The van der Waals surface area contributed by atoms with Crippen LogP contribution in [0.4, 0.5) is 5.69 Å². The van der Waals surface area contributed by atoms with Crippen LogP contribution in [0.1, 0.15) is 23.7 Å². The molecule has 0 fully saturated rings. The van der Waals surface area contributed by atoms with Gasteiger partial charge in [-0.2, -0.15) is 0 Å². The van der Waals surface area contributed by atoms with Crippen LogP contribution < -0.4 is 5.32 Å². The molecule has 97 valence electrons. The number of aromatic nitrogens is 1. The van der Waals surface area contributed by atoms with Gasteiger partial charge in [0.2, 0.25) is 0 Å². The van der Waals surface area contributed by atoms with Crippen molar-refractivity contribution in [3.63, 3.8) is 0 Å². The van der Waals surface area contributed by atoms with Gasteiger partial charge in [-0.15, -0.1) is 0 Å². The topological polar surface area (TPSA) is 27.0 Å². The summed E-state index contributed by atoms with van der Waals surface area (Å²) in [6.07, 6.45) is 4.01. The maximum Gasteiger partial charge on any atom is 0.0936 e. The maximum absolute atomic E-state index is 4.90. The van der Waals surface area contributed by atoms with Crippen molar-refractivity contribution in [3.05, 3.63) is 72.1 Å². The SMILES string of the molecule is c1ccc2c(c1)CCC(c1nccc3ccccc13)[N]2. The molecular weight excluding hydrogens is 244 g/mol. The van der Waals surface area contributed by atoms with Crippen molar-refractivity contribution in [2.45, 2.75) is 18.9 Å². The van der Waals surface area contributed by atoms with Gasteiger partial charge >= 0.3 is 0 Å². The third kappa shape index (κ3) is 1.85. The Kier molecular flexibility index (Phi) is 2.66. The molecule has 1 aromatic heterocycles. The van der Waals surface area contributed by atoms with Crippen molar-refractivity contribution in [1.29, 1.82) is 0 Å². The van der Waals surface area contributed by atoms with Crippen LogP contribution in [0.3, 0.4) is 0 Å². The van der Waals surface area contributed by atoms with Crippen LogP contribution in [-0.4, -0.2) is 4.98 Å². The van der Waals surface area contributed by atoms with Crippen LogP contribution in [0, 0.1) is 0 Å². The second-order valence-electron chi connectivity index (χ2n) is 5.23. The van der Waals surface area contributed by atoms with E-state index in [1.54, 1.807) is 0 Å². The zero-order chi connectivity index (χ0) is 13.4. The number of fused-ring (bicyclic) bond motifs is 2.